The molecule has 0 unspecified atom stereocenters. The van der Waals surface area contributed by atoms with Crippen LogP contribution in [0.4, 0.5) is 8.78 Å². The topological polar surface area (TPSA) is 88.2 Å². The molecule has 182 valence electrons. The van der Waals surface area contributed by atoms with Crippen molar-refractivity contribution < 1.29 is 31.5 Å². The van der Waals surface area contributed by atoms with Crippen molar-refractivity contribution in [2.24, 2.45) is 5.92 Å². The number of nitrogens with one attached hydrogen (secondary N) is 1. The van der Waals surface area contributed by atoms with Crippen molar-refractivity contribution in [3.05, 3.63) is 23.8 Å². The van der Waals surface area contributed by atoms with Crippen molar-refractivity contribution in [1.29, 1.82) is 0 Å². The zero-order valence-corrected chi connectivity index (χ0v) is 19.3. The van der Waals surface area contributed by atoms with Gasteiger partial charge in [-0.25, -0.2) is 8.42 Å². The molecule has 33 heavy (non-hydrogen) atoms. The number of hydrogen-bond acceptors (Lipinski definition) is 6. The molecule has 5 rings (SSSR count). The summed E-state index contributed by atoms with van der Waals surface area (Å²) in [6.45, 7) is 1.86. The van der Waals surface area contributed by atoms with Gasteiger partial charge in [0.05, 0.1) is 5.75 Å². The number of amides is 1. The van der Waals surface area contributed by atoms with E-state index >= 15 is 0 Å². The maximum Gasteiger partial charge on any atom is 0.586 e. The molecule has 0 radical (unpaired) electrons. The molecule has 0 aliphatic carbocycles. The molecule has 3 fully saturated rings. The van der Waals surface area contributed by atoms with E-state index in [4.69, 9.17) is 0 Å². The number of carbonyl (C=O) groups excluding carboxylic acids is 1. The van der Waals surface area contributed by atoms with Gasteiger partial charge in [-0.05, 0) is 82.8 Å². The monoisotopic (exact) mass is 485 g/mol. The molecular weight excluding hydrogens is 456 g/mol. The molecule has 0 aromatic heterocycles. The number of alkyl halides is 2. The molecular formula is C22H29F2N3O5S. The Kier molecular flexibility index (Phi) is 5.77. The fourth-order valence-electron chi connectivity index (χ4n) is 5.68. The number of piperidine rings is 2. The molecule has 3 atom stereocenters. The Morgan fingerprint density at radius 2 is 1.73 bits per heavy atom. The Labute approximate surface area is 192 Å². The summed E-state index contributed by atoms with van der Waals surface area (Å²) in [5, 5.41) is 2.96. The minimum atomic E-state index is -3.73. The summed E-state index contributed by atoms with van der Waals surface area (Å²) >= 11 is 0. The third-order valence-corrected chi connectivity index (χ3v) is 9.40. The largest absolute Gasteiger partial charge is 0.586 e. The summed E-state index contributed by atoms with van der Waals surface area (Å²) in [5.41, 5.74) is 0.194. The zero-order valence-electron chi connectivity index (χ0n) is 18.5. The molecule has 1 aromatic rings. The van der Waals surface area contributed by atoms with Gasteiger partial charge < -0.3 is 19.7 Å². The first-order valence-corrected chi connectivity index (χ1v) is 13.1. The highest BCUT2D eigenvalue weighted by Gasteiger charge is 2.48. The zero-order chi connectivity index (χ0) is 23.4. The number of ether oxygens (including phenoxy) is 2. The van der Waals surface area contributed by atoms with Crippen LogP contribution in [0, 0.1) is 5.92 Å². The standard InChI is InChI=1S/C22H29F2N3O5S/c1-26-8-6-14(7-9-26)13-33(29,30)27-17-3-4-18(27)12-16(11-17)25-21(28)15-2-5-19-20(10-15)32-22(23,24)31-19/h2,5,10,14,16-18H,3-4,6-9,11-13H2,1H3,(H,25,28)/t16-,17-,18+. The smallest absolute Gasteiger partial charge is 0.395 e. The number of nitrogens with zero attached hydrogens (tertiary/aromatic N) is 2. The van der Waals surface area contributed by atoms with Crippen molar-refractivity contribution in [2.45, 2.75) is 62.9 Å². The maximum absolute atomic E-state index is 13.2. The Bertz CT molecular complexity index is 1010. The highest BCUT2D eigenvalue weighted by Crippen LogP contribution is 2.42. The lowest BCUT2D eigenvalue weighted by Crippen LogP contribution is -2.53. The normalized spacial score (nSPS) is 29.8. The van der Waals surface area contributed by atoms with Gasteiger partial charge in [0.2, 0.25) is 10.0 Å². The molecule has 1 amide bonds. The lowest BCUT2D eigenvalue weighted by atomic mass is 9.99. The molecule has 3 saturated heterocycles. The van der Waals surface area contributed by atoms with Crippen molar-refractivity contribution >= 4 is 15.9 Å². The molecule has 1 N–H and O–H groups in total. The van der Waals surface area contributed by atoms with Gasteiger partial charge in [-0.3, -0.25) is 4.79 Å². The van der Waals surface area contributed by atoms with E-state index in [1.807, 2.05) is 0 Å². The average molecular weight is 486 g/mol. The molecule has 4 heterocycles. The minimum Gasteiger partial charge on any atom is -0.395 e. The van der Waals surface area contributed by atoms with E-state index in [1.165, 1.54) is 18.2 Å². The van der Waals surface area contributed by atoms with Gasteiger partial charge in [0.25, 0.3) is 5.91 Å². The summed E-state index contributed by atoms with van der Waals surface area (Å²) in [5.74, 6) is -0.294. The molecule has 4 aliphatic heterocycles. The van der Waals surface area contributed by atoms with Gasteiger partial charge in [0.15, 0.2) is 11.5 Å². The quantitative estimate of drug-likeness (QED) is 0.689. The fraction of sp³-hybridized carbons (Fsp3) is 0.682. The third kappa shape index (κ3) is 4.67. The minimum absolute atomic E-state index is 0.110. The molecule has 1 aromatic carbocycles. The van der Waals surface area contributed by atoms with Crippen LogP contribution in [0.3, 0.4) is 0 Å². The van der Waals surface area contributed by atoms with E-state index in [1.54, 1.807) is 4.31 Å². The Morgan fingerprint density at radius 3 is 2.39 bits per heavy atom. The van der Waals surface area contributed by atoms with E-state index in [9.17, 15) is 22.0 Å². The first-order chi connectivity index (χ1) is 15.6. The van der Waals surface area contributed by atoms with Crippen LogP contribution in [-0.4, -0.2) is 73.8 Å². The number of benzene rings is 1. The van der Waals surface area contributed by atoms with Crippen LogP contribution >= 0.6 is 0 Å². The molecule has 2 bridgehead atoms. The lowest BCUT2D eigenvalue weighted by Gasteiger charge is -2.39. The predicted molar refractivity (Wildman–Crippen MR) is 116 cm³/mol. The second kappa shape index (κ2) is 8.35. The second-order valence-corrected chi connectivity index (χ2v) is 11.6. The summed E-state index contributed by atoms with van der Waals surface area (Å²) in [6, 6.07) is 3.54. The van der Waals surface area contributed by atoms with Gasteiger partial charge in [-0.15, -0.1) is 8.78 Å². The Morgan fingerprint density at radius 1 is 1.09 bits per heavy atom. The number of rotatable bonds is 5. The number of likely N-dealkylation sites (tertiary alicyclic amines) is 1. The van der Waals surface area contributed by atoms with Crippen LogP contribution in [0.1, 0.15) is 48.9 Å². The van der Waals surface area contributed by atoms with Crippen LogP contribution < -0.4 is 14.8 Å². The number of fused-ring (bicyclic) bond motifs is 3. The van der Waals surface area contributed by atoms with E-state index < -0.39 is 22.2 Å². The second-order valence-electron chi connectivity index (χ2n) is 9.71. The van der Waals surface area contributed by atoms with Crippen LogP contribution in [0.15, 0.2) is 18.2 Å². The van der Waals surface area contributed by atoms with Gasteiger partial charge in [-0.2, -0.15) is 4.31 Å². The van der Waals surface area contributed by atoms with Crippen LogP contribution in [0.5, 0.6) is 11.5 Å². The van der Waals surface area contributed by atoms with E-state index in [2.05, 4.69) is 26.7 Å². The van der Waals surface area contributed by atoms with Gasteiger partial charge in [-0.1, -0.05) is 0 Å². The average Bonchev–Trinajstić information content (AvgIpc) is 3.21. The summed E-state index contributed by atoms with van der Waals surface area (Å²) in [7, 11) is -1.30. The molecule has 4 aliphatic rings. The summed E-state index contributed by atoms with van der Waals surface area (Å²) in [6.07, 6.45) is 0.765. The number of sulfonamides is 1. The summed E-state index contributed by atoms with van der Waals surface area (Å²) in [4.78, 5) is 15.0. The van der Waals surface area contributed by atoms with Crippen LogP contribution in [0.25, 0.3) is 0 Å². The number of hydrogen-bond donors (Lipinski definition) is 1. The van der Waals surface area contributed by atoms with Gasteiger partial charge in [0.1, 0.15) is 0 Å². The van der Waals surface area contributed by atoms with Crippen molar-refractivity contribution in [3.63, 3.8) is 0 Å². The molecule has 8 nitrogen and oxygen atoms in total. The first kappa shape index (κ1) is 22.8. The number of halogens is 2. The first-order valence-electron chi connectivity index (χ1n) is 11.5. The Hall–Kier alpha value is -1.98. The SMILES string of the molecule is CN1CCC(CS(=O)(=O)N2[C@@H]3CC[C@H]2C[C@H](NC(=O)c2ccc4c(c2)OC(F)(F)O4)C3)CC1. The highest BCUT2D eigenvalue weighted by atomic mass is 32.2. The Balaban J connectivity index is 1.21. The van der Waals surface area contributed by atoms with Crippen LogP contribution in [-0.2, 0) is 10.0 Å². The third-order valence-electron chi connectivity index (χ3n) is 7.27. The highest BCUT2D eigenvalue weighted by molar-refractivity contribution is 7.89. The molecule has 11 heteroatoms. The van der Waals surface area contributed by atoms with Gasteiger partial charge >= 0.3 is 6.29 Å². The fourth-order valence-corrected chi connectivity index (χ4v) is 8.07. The van der Waals surface area contributed by atoms with E-state index in [0.717, 1.165) is 38.8 Å². The maximum atomic E-state index is 13.2. The number of carbonyl (C=O) groups is 1. The molecule has 0 spiro atoms. The summed E-state index contributed by atoms with van der Waals surface area (Å²) < 4.78 is 63.5. The van der Waals surface area contributed by atoms with Crippen LogP contribution in [0.2, 0.25) is 0 Å². The predicted octanol–water partition coefficient (Wildman–Crippen LogP) is 2.40. The van der Waals surface area contributed by atoms with E-state index in [0.29, 0.717) is 12.8 Å². The van der Waals surface area contributed by atoms with E-state index in [-0.39, 0.29) is 46.9 Å². The van der Waals surface area contributed by atoms with Crippen molar-refractivity contribution in [2.75, 3.05) is 25.9 Å². The van der Waals surface area contributed by atoms with Crippen molar-refractivity contribution in [1.82, 2.24) is 14.5 Å². The van der Waals surface area contributed by atoms with Gasteiger partial charge in [0, 0.05) is 23.7 Å². The lowest BCUT2D eigenvalue weighted by molar-refractivity contribution is -0.286. The van der Waals surface area contributed by atoms with Crippen molar-refractivity contribution in [3.8, 4) is 11.5 Å². The molecule has 0 saturated carbocycles.